The van der Waals surface area contributed by atoms with Gasteiger partial charge in [0, 0.05) is 71.6 Å². The van der Waals surface area contributed by atoms with Crippen molar-refractivity contribution in [2.75, 3.05) is 36.0 Å². The Bertz CT molecular complexity index is 2870. The van der Waals surface area contributed by atoms with Crippen LogP contribution in [-0.4, -0.2) is 26.2 Å². The lowest BCUT2D eigenvalue weighted by molar-refractivity contribution is 0.631. The third-order valence-corrected chi connectivity index (χ3v) is 11.6. The standard InChI is InChI=1S/C52H42N4O2/c1-5-55(6-2)41-21-17-39-27-47(57-49(39)29-41)37-19-23-43-45(25-37)51(35-13-9-33(31-53)10-14-35)44-24-20-38(26-46(44)52(43)36-15-11-34(32-54)12-16-36)48-28-40-18-22-42(30-50(40)58-48)56(7-3)8-4/h9-30H,5-8H2,1-4H3. The summed E-state index contributed by atoms with van der Waals surface area (Å²) in [6.07, 6.45) is 0. The number of benzene rings is 7. The number of rotatable bonds is 10. The van der Waals surface area contributed by atoms with Gasteiger partial charge in [0.05, 0.1) is 23.3 Å². The van der Waals surface area contributed by atoms with E-state index in [-0.39, 0.29) is 0 Å². The maximum absolute atomic E-state index is 9.70. The maximum atomic E-state index is 9.70. The first-order chi connectivity index (χ1) is 28.4. The number of nitriles is 2. The molecule has 0 unspecified atom stereocenters. The summed E-state index contributed by atoms with van der Waals surface area (Å²) in [5.74, 6) is 1.59. The van der Waals surface area contributed by atoms with Crippen molar-refractivity contribution >= 4 is 54.9 Å². The van der Waals surface area contributed by atoms with Crippen molar-refractivity contribution in [1.82, 2.24) is 0 Å². The molecule has 0 atom stereocenters. The van der Waals surface area contributed by atoms with Crippen molar-refractivity contribution < 1.29 is 8.83 Å². The van der Waals surface area contributed by atoms with E-state index in [1.165, 1.54) is 0 Å². The van der Waals surface area contributed by atoms with Crippen LogP contribution in [0.1, 0.15) is 38.8 Å². The lowest BCUT2D eigenvalue weighted by Crippen LogP contribution is -2.21. The van der Waals surface area contributed by atoms with E-state index in [0.717, 1.165) is 126 Å². The SMILES string of the molecule is CCN(CC)c1ccc2cc(-c3ccc4c(-c5ccc(C#N)cc5)c5cc(-c6cc7ccc(N(CC)CC)cc7o6)ccc5c(-c5ccc(C#N)cc5)c4c3)oc2c1. The van der Waals surface area contributed by atoms with E-state index in [1.54, 1.807) is 0 Å². The molecule has 9 rings (SSSR count). The van der Waals surface area contributed by atoms with Gasteiger partial charge in [0.25, 0.3) is 0 Å². The molecular formula is C52H42N4O2. The van der Waals surface area contributed by atoms with E-state index in [2.05, 4.69) is 135 Å². The molecule has 0 aliphatic rings. The largest absolute Gasteiger partial charge is 0.456 e. The van der Waals surface area contributed by atoms with Gasteiger partial charge in [0.1, 0.15) is 22.7 Å². The predicted molar refractivity (Wildman–Crippen MR) is 239 cm³/mol. The van der Waals surface area contributed by atoms with Crippen LogP contribution in [0.25, 0.3) is 88.4 Å². The molecule has 0 aliphatic carbocycles. The zero-order valence-electron chi connectivity index (χ0n) is 33.1. The number of furan rings is 2. The van der Waals surface area contributed by atoms with E-state index >= 15 is 0 Å². The highest BCUT2D eigenvalue weighted by Gasteiger charge is 2.21. The highest BCUT2D eigenvalue weighted by Crippen LogP contribution is 2.47. The average molecular weight is 755 g/mol. The summed E-state index contributed by atoms with van der Waals surface area (Å²) in [4.78, 5) is 4.64. The highest BCUT2D eigenvalue weighted by atomic mass is 16.3. The van der Waals surface area contributed by atoms with Crippen LogP contribution in [0.15, 0.2) is 142 Å². The summed E-state index contributed by atoms with van der Waals surface area (Å²) < 4.78 is 13.2. The maximum Gasteiger partial charge on any atom is 0.136 e. The summed E-state index contributed by atoms with van der Waals surface area (Å²) in [6, 6.07) is 50.5. The van der Waals surface area contributed by atoms with Gasteiger partial charge < -0.3 is 18.6 Å². The summed E-state index contributed by atoms with van der Waals surface area (Å²) in [7, 11) is 0. The summed E-state index contributed by atoms with van der Waals surface area (Å²) in [5.41, 5.74) is 11.3. The molecule has 0 fully saturated rings. The molecule has 0 spiro atoms. The summed E-state index contributed by atoms with van der Waals surface area (Å²) in [6.45, 7) is 12.4. The van der Waals surface area contributed by atoms with Crippen LogP contribution in [0.4, 0.5) is 11.4 Å². The fraction of sp³-hybridized carbons (Fsp3) is 0.154. The Hall–Kier alpha value is -7.28. The molecule has 2 heterocycles. The molecule has 6 nitrogen and oxygen atoms in total. The molecule has 0 N–H and O–H groups in total. The van der Waals surface area contributed by atoms with Gasteiger partial charge in [0.2, 0.25) is 0 Å². The molecule has 6 heteroatoms. The van der Waals surface area contributed by atoms with E-state index in [1.807, 2.05) is 48.5 Å². The van der Waals surface area contributed by atoms with Crippen molar-refractivity contribution in [2.24, 2.45) is 0 Å². The minimum absolute atomic E-state index is 0.606. The van der Waals surface area contributed by atoms with Gasteiger partial charge in [-0.05, 0) is 144 Å². The topological polar surface area (TPSA) is 80.3 Å². The zero-order valence-corrected chi connectivity index (χ0v) is 33.1. The Labute approximate surface area is 338 Å². The van der Waals surface area contributed by atoms with Gasteiger partial charge in [-0.3, -0.25) is 0 Å². The molecule has 7 aromatic carbocycles. The number of nitrogens with zero attached hydrogens (tertiary/aromatic N) is 4. The third kappa shape index (κ3) is 6.30. The quantitative estimate of drug-likeness (QED) is 0.129. The fourth-order valence-corrected chi connectivity index (χ4v) is 8.47. The monoisotopic (exact) mass is 754 g/mol. The van der Waals surface area contributed by atoms with Gasteiger partial charge in [-0.2, -0.15) is 10.5 Å². The van der Waals surface area contributed by atoms with E-state index in [4.69, 9.17) is 8.83 Å². The fourth-order valence-electron chi connectivity index (χ4n) is 8.47. The van der Waals surface area contributed by atoms with Gasteiger partial charge in [-0.15, -0.1) is 0 Å². The Morgan fingerprint density at radius 2 is 0.793 bits per heavy atom. The lowest BCUT2D eigenvalue weighted by atomic mass is 9.84. The summed E-state index contributed by atoms with van der Waals surface area (Å²) >= 11 is 0. The van der Waals surface area contributed by atoms with Crippen LogP contribution in [0.2, 0.25) is 0 Å². The Kier molecular flexibility index (Phi) is 9.40. The van der Waals surface area contributed by atoms with Crippen molar-refractivity contribution in [2.45, 2.75) is 27.7 Å². The predicted octanol–water partition coefficient (Wildman–Crippen LogP) is 13.6. The minimum Gasteiger partial charge on any atom is -0.456 e. The molecule has 0 saturated carbocycles. The molecule has 9 aromatic rings. The lowest BCUT2D eigenvalue weighted by Gasteiger charge is -2.20. The second kappa shape index (κ2) is 15.0. The van der Waals surface area contributed by atoms with Gasteiger partial charge >= 0.3 is 0 Å². The summed E-state index contributed by atoms with van der Waals surface area (Å²) in [5, 5.41) is 25.7. The van der Waals surface area contributed by atoms with E-state index in [0.29, 0.717) is 11.1 Å². The highest BCUT2D eigenvalue weighted by molar-refractivity contribution is 6.22. The van der Waals surface area contributed by atoms with Crippen LogP contribution in [-0.2, 0) is 0 Å². The van der Waals surface area contributed by atoms with Crippen LogP contribution in [0.5, 0.6) is 0 Å². The van der Waals surface area contributed by atoms with Crippen molar-refractivity contribution in [1.29, 1.82) is 10.5 Å². The van der Waals surface area contributed by atoms with Crippen molar-refractivity contribution in [3.63, 3.8) is 0 Å². The molecule has 282 valence electrons. The zero-order chi connectivity index (χ0) is 39.9. The van der Waals surface area contributed by atoms with Crippen LogP contribution in [0, 0.1) is 22.7 Å². The van der Waals surface area contributed by atoms with Gasteiger partial charge in [-0.1, -0.05) is 48.5 Å². The normalized spacial score (nSPS) is 11.3. The first kappa shape index (κ1) is 36.4. The first-order valence-corrected chi connectivity index (χ1v) is 20.1. The van der Waals surface area contributed by atoms with Crippen LogP contribution < -0.4 is 9.80 Å². The van der Waals surface area contributed by atoms with Gasteiger partial charge in [-0.25, -0.2) is 0 Å². The second-order valence-electron chi connectivity index (χ2n) is 14.7. The molecular weight excluding hydrogens is 713 g/mol. The molecule has 0 saturated heterocycles. The van der Waals surface area contributed by atoms with E-state index < -0.39 is 0 Å². The number of fused-ring (bicyclic) bond motifs is 4. The van der Waals surface area contributed by atoms with E-state index in [9.17, 15) is 10.5 Å². The minimum atomic E-state index is 0.606. The average Bonchev–Trinajstić information content (AvgIpc) is 3.91. The Morgan fingerprint density at radius 3 is 1.16 bits per heavy atom. The van der Waals surface area contributed by atoms with Crippen LogP contribution >= 0.6 is 0 Å². The smallest absolute Gasteiger partial charge is 0.136 e. The molecule has 0 bridgehead atoms. The Morgan fingerprint density at radius 1 is 0.414 bits per heavy atom. The molecule has 58 heavy (non-hydrogen) atoms. The number of hydrogen-bond donors (Lipinski definition) is 0. The van der Waals surface area contributed by atoms with Crippen molar-refractivity contribution in [3.8, 4) is 57.0 Å². The van der Waals surface area contributed by atoms with Crippen molar-refractivity contribution in [3.05, 3.63) is 145 Å². The number of hydrogen-bond acceptors (Lipinski definition) is 6. The molecule has 0 amide bonds. The Balaban J connectivity index is 1.30. The van der Waals surface area contributed by atoms with Crippen LogP contribution in [0.3, 0.4) is 0 Å². The molecule has 0 radical (unpaired) electrons. The molecule has 2 aromatic heterocycles. The second-order valence-corrected chi connectivity index (χ2v) is 14.7. The molecule has 0 aliphatic heterocycles. The third-order valence-electron chi connectivity index (χ3n) is 11.6. The first-order valence-electron chi connectivity index (χ1n) is 20.1. The number of anilines is 2. The van der Waals surface area contributed by atoms with Gasteiger partial charge in [0.15, 0.2) is 0 Å².